The number of aromatic nitrogens is 3. The lowest BCUT2D eigenvalue weighted by molar-refractivity contribution is -0.123. The van der Waals surface area contributed by atoms with E-state index < -0.39 is 6.04 Å². The second-order valence-corrected chi connectivity index (χ2v) is 9.99. The Bertz CT molecular complexity index is 1160. The fourth-order valence-corrected chi connectivity index (χ4v) is 4.25. The van der Waals surface area contributed by atoms with Crippen molar-refractivity contribution in [3.63, 3.8) is 0 Å². The van der Waals surface area contributed by atoms with Crippen LogP contribution >= 0.6 is 0 Å². The van der Waals surface area contributed by atoms with Gasteiger partial charge in [-0.3, -0.25) is 14.7 Å². The Morgan fingerprint density at radius 3 is 2.31 bits per heavy atom. The molecule has 0 saturated carbocycles. The van der Waals surface area contributed by atoms with Gasteiger partial charge < -0.3 is 5.32 Å². The molecule has 0 saturated heterocycles. The van der Waals surface area contributed by atoms with Gasteiger partial charge in [-0.25, -0.2) is 9.97 Å². The smallest absolute Gasteiger partial charge is 0.248 e. The van der Waals surface area contributed by atoms with Gasteiger partial charge in [0.2, 0.25) is 11.9 Å². The second kappa shape index (κ2) is 12.3. The molecule has 1 atom stereocenters. The predicted molar refractivity (Wildman–Crippen MR) is 143 cm³/mol. The van der Waals surface area contributed by atoms with Gasteiger partial charge in [0.15, 0.2) is 0 Å². The van der Waals surface area contributed by atoms with Crippen LogP contribution in [0.2, 0.25) is 0 Å². The molecule has 3 aromatic rings. The molecule has 2 heterocycles. The molecule has 7 heteroatoms. The molecule has 0 aliphatic carbocycles. The molecule has 1 unspecified atom stereocenters. The number of anilines is 2. The summed E-state index contributed by atoms with van der Waals surface area (Å²) in [6.07, 6.45) is 8.70. The lowest BCUT2D eigenvalue weighted by Gasteiger charge is -2.33. The van der Waals surface area contributed by atoms with Crippen molar-refractivity contribution in [3.8, 4) is 6.07 Å². The average Bonchev–Trinajstić information content (AvgIpc) is 2.87. The molecule has 36 heavy (non-hydrogen) atoms. The highest BCUT2D eigenvalue weighted by molar-refractivity contribution is 5.88. The average molecular weight is 485 g/mol. The van der Waals surface area contributed by atoms with Gasteiger partial charge in [-0.1, -0.05) is 65.7 Å². The number of carbonyl (C=O) groups is 1. The highest BCUT2D eigenvalue weighted by Gasteiger charge is 2.33. The van der Waals surface area contributed by atoms with Crippen LogP contribution in [0.15, 0.2) is 61.1 Å². The van der Waals surface area contributed by atoms with E-state index in [1.807, 2.05) is 24.3 Å². The standard InChI is InChI=1S/C29H36N6O/c1-6-9-23(10-7-2)33-27(36)26(21-11-8-17-31-20-21)35(28-32-18-16-24(19-30)34-28)25-14-12-22(13-15-25)29(3,4)5/h8,11-18,20,23,26H,6-7,9-10H2,1-5H3,(H,33,36). The lowest BCUT2D eigenvalue weighted by atomic mass is 9.87. The number of nitriles is 1. The molecule has 0 bridgehead atoms. The third-order valence-electron chi connectivity index (χ3n) is 6.11. The van der Waals surface area contributed by atoms with Crippen molar-refractivity contribution in [1.29, 1.82) is 5.26 Å². The van der Waals surface area contributed by atoms with Crippen molar-refractivity contribution in [2.24, 2.45) is 0 Å². The zero-order valence-corrected chi connectivity index (χ0v) is 21.9. The number of hydrogen-bond donors (Lipinski definition) is 1. The first-order chi connectivity index (χ1) is 17.3. The normalized spacial score (nSPS) is 12.1. The molecule has 1 N–H and O–H groups in total. The molecule has 1 aromatic carbocycles. The van der Waals surface area contributed by atoms with Gasteiger partial charge in [-0.2, -0.15) is 5.26 Å². The predicted octanol–water partition coefficient (Wildman–Crippen LogP) is 6.01. The molecular weight excluding hydrogens is 448 g/mol. The van der Waals surface area contributed by atoms with E-state index in [-0.39, 0.29) is 29.0 Å². The van der Waals surface area contributed by atoms with Crippen LogP contribution in [-0.2, 0) is 10.2 Å². The van der Waals surface area contributed by atoms with Gasteiger partial charge in [0.05, 0.1) is 0 Å². The first-order valence-electron chi connectivity index (χ1n) is 12.6. The van der Waals surface area contributed by atoms with Crippen molar-refractivity contribution >= 4 is 17.5 Å². The van der Waals surface area contributed by atoms with Gasteiger partial charge in [0, 0.05) is 35.9 Å². The van der Waals surface area contributed by atoms with Crippen LogP contribution in [0, 0.1) is 11.3 Å². The van der Waals surface area contributed by atoms with E-state index >= 15 is 0 Å². The number of rotatable bonds is 10. The maximum atomic E-state index is 14.0. The van der Waals surface area contributed by atoms with Crippen LogP contribution in [0.4, 0.5) is 11.6 Å². The first kappa shape index (κ1) is 26.8. The number of benzene rings is 1. The van der Waals surface area contributed by atoms with Gasteiger partial charge in [-0.15, -0.1) is 0 Å². The number of hydrogen-bond acceptors (Lipinski definition) is 6. The molecule has 1 amide bonds. The SMILES string of the molecule is CCCC(CCC)NC(=O)C(c1cccnc1)N(c1ccc(C(C)(C)C)cc1)c1nccc(C#N)n1. The maximum absolute atomic E-state index is 14.0. The zero-order chi connectivity index (χ0) is 26.1. The molecule has 2 aromatic heterocycles. The van der Waals surface area contributed by atoms with E-state index in [0.717, 1.165) is 31.4 Å². The van der Waals surface area contributed by atoms with Crippen LogP contribution < -0.4 is 10.2 Å². The second-order valence-electron chi connectivity index (χ2n) is 9.99. The van der Waals surface area contributed by atoms with Crippen molar-refractivity contribution in [1.82, 2.24) is 20.3 Å². The summed E-state index contributed by atoms with van der Waals surface area (Å²) < 4.78 is 0. The fourth-order valence-electron chi connectivity index (χ4n) is 4.25. The quantitative estimate of drug-likeness (QED) is 0.379. The molecule has 0 aliphatic heterocycles. The van der Waals surface area contributed by atoms with Crippen LogP contribution in [0.25, 0.3) is 0 Å². The van der Waals surface area contributed by atoms with Crippen LogP contribution in [0.5, 0.6) is 0 Å². The van der Waals surface area contributed by atoms with E-state index in [4.69, 9.17) is 0 Å². The summed E-state index contributed by atoms with van der Waals surface area (Å²) in [4.78, 5) is 29.0. The number of nitrogens with zero attached hydrogens (tertiary/aromatic N) is 5. The zero-order valence-electron chi connectivity index (χ0n) is 21.9. The number of pyridine rings is 1. The fraction of sp³-hybridized carbons (Fsp3) is 0.414. The van der Waals surface area contributed by atoms with Gasteiger partial charge >= 0.3 is 0 Å². The summed E-state index contributed by atoms with van der Waals surface area (Å²) in [6, 6.07) is 14.7. The van der Waals surface area contributed by atoms with E-state index in [9.17, 15) is 10.1 Å². The van der Waals surface area contributed by atoms with Crippen molar-refractivity contribution in [2.75, 3.05) is 4.90 Å². The highest BCUT2D eigenvalue weighted by atomic mass is 16.2. The maximum Gasteiger partial charge on any atom is 0.248 e. The van der Waals surface area contributed by atoms with E-state index in [0.29, 0.717) is 5.56 Å². The van der Waals surface area contributed by atoms with Gasteiger partial charge in [-0.05, 0) is 48.1 Å². The number of amides is 1. The van der Waals surface area contributed by atoms with Gasteiger partial charge in [0.1, 0.15) is 17.8 Å². The molecule has 7 nitrogen and oxygen atoms in total. The Morgan fingerprint density at radius 2 is 1.75 bits per heavy atom. The molecule has 0 fully saturated rings. The first-order valence-corrected chi connectivity index (χ1v) is 12.6. The minimum atomic E-state index is -0.774. The summed E-state index contributed by atoms with van der Waals surface area (Å²) in [5, 5.41) is 12.8. The third kappa shape index (κ3) is 6.66. The van der Waals surface area contributed by atoms with E-state index in [1.165, 1.54) is 5.56 Å². The third-order valence-corrected chi connectivity index (χ3v) is 6.11. The minimum absolute atomic E-state index is 0.0196. The summed E-state index contributed by atoms with van der Waals surface area (Å²) in [5.74, 6) is 0.129. The largest absolute Gasteiger partial charge is 0.351 e. The monoisotopic (exact) mass is 484 g/mol. The van der Waals surface area contributed by atoms with Crippen LogP contribution in [0.3, 0.4) is 0 Å². The summed E-state index contributed by atoms with van der Waals surface area (Å²) >= 11 is 0. The summed E-state index contributed by atoms with van der Waals surface area (Å²) in [5.41, 5.74) is 2.86. The Balaban J connectivity index is 2.16. The van der Waals surface area contributed by atoms with Crippen LogP contribution in [0.1, 0.15) is 83.2 Å². The van der Waals surface area contributed by atoms with E-state index in [2.05, 4.69) is 73.1 Å². The highest BCUT2D eigenvalue weighted by Crippen LogP contribution is 2.35. The van der Waals surface area contributed by atoms with Crippen molar-refractivity contribution < 1.29 is 4.79 Å². The summed E-state index contributed by atoms with van der Waals surface area (Å²) in [7, 11) is 0. The molecular formula is C29H36N6O. The van der Waals surface area contributed by atoms with Crippen molar-refractivity contribution in [3.05, 3.63) is 77.9 Å². The topological polar surface area (TPSA) is 94.8 Å². The molecule has 0 spiro atoms. The Hall–Kier alpha value is -3.79. The molecule has 0 radical (unpaired) electrons. The van der Waals surface area contributed by atoms with Crippen molar-refractivity contribution in [2.45, 2.75) is 77.8 Å². The van der Waals surface area contributed by atoms with Crippen LogP contribution in [-0.4, -0.2) is 26.9 Å². The summed E-state index contributed by atoms with van der Waals surface area (Å²) in [6.45, 7) is 10.7. The Labute approximate surface area is 214 Å². The Kier molecular flexibility index (Phi) is 9.13. The lowest BCUT2D eigenvalue weighted by Crippen LogP contribution is -2.43. The molecule has 0 aliphatic rings. The molecule has 188 valence electrons. The Morgan fingerprint density at radius 1 is 1.06 bits per heavy atom. The molecule has 3 rings (SSSR count). The van der Waals surface area contributed by atoms with E-state index in [1.54, 1.807) is 29.6 Å². The van der Waals surface area contributed by atoms with Gasteiger partial charge in [0.25, 0.3) is 0 Å². The minimum Gasteiger partial charge on any atom is -0.351 e. The number of nitrogens with one attached hydrogen (secondary N) is 1. The number of carbonyl (C=O) groups excluding carboxylic acids is 1.